The number of benzene rings is 1. The molecule has 4 nitrogen and oxygen atoms in total. The summed E-state index contributed by atoms with van der Waals surface area (Å²) in [6.45, 7) is 3.57. The number of aliphatic hydroxyl groups excluding tert-OH is 1. The number of amides is 1. The van der Waals surface area contributed by atoms with Gasteiger partial charge in [0.25, 0.3) is 5.91 Å². The minimum atomic E-state index is -0.238. The van der Waals surface area contributed by atoms with Crippen LogP contribution in [0.5, 0.6) is 0 Å². The van der Waals surface area contributed by atoms with E-state index >= 15 is 0 Å². The lowest BCUT2D eigenvalue weighted by Crippen LogP contribution is -2.14. The molecule has 0 radical (unpaired) electrons. The molecule has 0 aliphatic rings. The van der Waals surface area contributed by atoms with Gasteiger partial charge in [0.1, 0.15) is 6.61 Å². The zero-order chi connectivity index (χ0) is 15.2. The van der Waals surface area contributed by atoms with Crippen LogP contribution in [0.15, 0.2) is 36.7 Å². The Bertz CT molecular complexity index is 727. The Kier molecular flexibility index (Phi) is 4.70. The molecule has 1 aromatic heterocycles. The van der Waals surface area contributed by atoms with Gasteiger partial charge in [-0.1, -0.05) is 17.9 Å². The van der Waals surface area contributed by atoms with Gasteiger partial charge in [0.15, 0.2) is 0 Å². The Morgan fingerprint density at radius 2 is 2.14 bits per heavy atom. The van der Waals surface area contributed by atoms with Crippen molar-refractivity contribution in [3.63, 3.8) is 0 Å². The van der Waals surface area contributed by atoms with Gasteiger partial charge in [-0.15, -0.1) is 0 Å². The number of rotatable bonds is 2. The van der Waals surface area contributed by atoms with E-state index in [1.165, 1.54) is 0 Å². The van der Waals surface area contributed by atoms with Gasteiger partial charge in [-0.25, -0.2) is 0 Å². The summed E-state index contributed by atoms with van der Waals surface area (Å²) in [5, 5.41) is 11.7. The van der Waals surface area contributed by atoms with Gasteiger partial charge in [0.05, 0.1) is 5.56 Å². The molecule has 21 heavy (non-hydrogen) atoms. The molecule has 0 aliphatic carbocycles. The van der Waals surface area contributed by atoms with Crippen molar-refractivity contribution in [2.24, 2.45) is 0 Å². The number of nitrogens with zero attached hydrogens (tertiary/aromatic N) is 1. The predicted molar refractivity (Wildman–Crippen MR) is 82.1 cm³/mol. The van der Waals surface area contributed by atoms with Crippen LogP contribution in [0, 0.1) is 25.7 Å². The van der Waals surface area contributed by atoms with Crippen LogP contribution in [-0.2, 0) is 0 Å². The van der Waals surface area contributed by atoms with E-state index in [2.05, 4.69) is 22.1 Å². The monoisotopic (exact) mass is 280 g/mol. The molecule has 0 saturated heterocycles. The Morgan fingerprint density at radius 3 is 2.86 bits per heavy atom. The lowest BCUT2D eigenvalue weighted by molar-refractivity contribution is 0.102. The average Bonchev–Trinajstić information content (AvgIpc) is 2.47. The van der Waals surface area contributed by atoms with Crippen LogP contribution in [0.4, 0.5) is 5.69 Å². The summed E-state index contributed by atoms with van der Waals surface area (Å²) in [6.07, 6.45) is 3.32. The van der Waals surface area contributed by atoms with E-state index in [9.17, 15) is 4.79 Å². The summed E-state index contributed by atoms with van der Waals surface area (Å²) in [6, 6.07) is 7.18. The van der Waals surface area contributed by atoms with Gasteiger partial charge in [0, 0.05) is 23.6 Å². The lowest BCUT2D eigenvalue weighted by Gasteiger charge is -2.09. The average molecular weight is 280 g/mol. The Labute approximate surface area is 123 Å². The van der Waals surface area contributed by atoms with Crippen molar-refractivity contribution in [2.75, 3.05) is 11.9 Å². The highest BCUT2D eigenvalue weighted by Gasteiger charge is 2.11. The molecule has 0 saturated carbocycles. The molecule has 106 valence electrons. The zero-order valence-electron chi connectivity index (χ0n) is 12.0. The molecule has 0 atom stereocenters. The van der Waals surface area contributed by atoms with Crippen LogP contribution < -0.4 is 5.32 Å². The normalized spacial score (nSPS) is 9.67. The summed E-state index contributed by atoms with van der Waals surface area (Å²) < 4.78 is 0. The van der Waals surface area contributed by atoms with Gasteiger partial charge in [0.2, 0.25) is 0 Å². The molecule has 0 aliphatic heterocycles. The van der Waals surface area contributed by atoms with Crippen molar-refractivity contribution >= 4 is 11.6 Å². The molecule has 4 heteroatoms. The van der Waals surface area contributed by atoms with E-state index in [0.717, 1.165) is 16.8 Å². The van der Waals surface area contributed by atoms with Crippen molar-refractivity contribution in [1.82, 2.24) is 4.98 Å². The predicted octanol–water partition coefficient (Wildman–Crippen LogP) is 2.29. The van der Waals surface area contributed by atoms with Gasteiger partial charge < -0.3 is 10.4 Å². The summed E-state index contributed by atoms with van der Waals surface area (Å²) >= 11 is 0. The summed E-state index contributed by atoms with van der Waals surface area (Å²) in [5.41, 5.74) is 3.71. The van der Waals surface area contributed by atoms with Gasteiger partial charge >= 0.3 is 0 Å². The number of aliphatic hydroxyl groups is 1. The smallest absolute Gasteiger partial charge is 0.256 e. The van der Waals surface area contributed by atoms with Crippen molar-refractivity contribution in [3.05, 3.63) is 58.9 Å². The highest BCUT2D eigenvalue weighted by Crippen LogP contribution is 2.16. The van der Waals surface area contributed by atoms with Crippen molar-refractivity contribution < 1.29 is 9.90 Å². The van der Waals surface area contributed by atoms with Crippen molar-refractivity contribution in [3.8, 4) is 11.8 Å². The minimum Gasteiger partial charge on any atom is -0.384 e. The molecule has 2 aromatic rings. The van der Waals surface area contributed by atoms with Crippen LogP contribution >= 0.6 is 0 Å². The summed E-state index contributed by atoms with van der Waals surface area (Å²) in [4.78, 5) is 16.4. The van der Waals surface area contributed by atoms with Gasteiger partial charge in [-0.05, 0) is 43.2 Å². The maximum Gasteiger partial charge on any atom is 0.256 e. The zero-order valence-corrected chi connectivity index (χ0v) is 12.0. The maximum atomic E-state index is 12.4. The molecule has 0 spiro atoms. The van der Waals surface area contributed by atoms with Crippen LogP contribution in [0.25, 0.3) is 0 Å². The highest BCUT2D eigenvalue weighted by molar-refractivity contribution is 6.06. The van der Waals surface area contributed by atoms with Crippen LogP contribution in [0.1, 0.15) is 27.0 Å². The molecule has 0 fully saturated rings. The number of anilines is 1. The third kappa shape index (κ3) is 3.68. The number of hydrogen-bond donors (Lipinski definition) is 2. The third-order valence-corrected chi connectivity index (χ3v) is 2.99. The fourth-order valence-corrected chi connectivity index (χ4v) is 1.90. The van der Waals surface area contributed by atoms with E-state index in [4.69, 9.17) is 5.11 Å². The second-order valence-corrected chi connectivity index (χ2v) is 4.65. The fourth-order valence-electron chi connectivity index (χ4n) is 1.90. The second-order valence-electron chi connectivity index (χ2n) is 4.65. The Hall–Kier alpha value is -2.64. The molecular weight excluding hydrogens is 264 g/mol. The molecule has 2 rings (SSSR count). The molecule has 1 amide bonds. The first-order chi connectivity index (χ1) is 10.1. The van der Waals surface area contributed by atoms with Crippen LogP contribution in [-0.4, -0.2) is 22.6 Å². The number of aryl methyl sites for hydroxylation is 2. The van der Waals surface area contributed by atoms with E-state index in [1.807, 2.05) is 26.0 Å². The number of carbonyl (C=O) groups excluding carboxylic acids is 1. The molecule has 0 unspecified atom stereocenters. The number of pyridine rings is 1. The topological polar surface area (TPSA) is 62.2 Å². The minimum absolute atomic E-state index is 0.230. The van der Waals surface area contributed by atoms with Gasteiger partial charge in [-0.3, -0.25) is 9.78 Å². The quantitative estimate of drug-likeness (QED) is 0.830. The highest BCUT2D eigenvalue weighted by atomic mass is 16.2. The second kappa shape index (κ2) is 6.69. The van der Waals surface area contributed by atoms with Crippen molar-refractivity contribution in [2.45, 2.75) is 13.8 Å². The lowest BCUT2D eigenvalue weighted by atomic mass is 10.0. The van der Waals surface area contributed by atoms with E-state index in [0.29, 0.717) is 11.1 Å². The molecular formula is C17H16N2O2. The van der Waals surface area contributed by atoms with Crippen molar-refractivity contribution in [1.29, 1.82) is 0 Å². The summed E-state index contributed by atoms with van der Waals surface area (Å²) in [7, 11) is 0. The first kappa shape index (κ1) is 14.8. The number of carbonyl (C=O) groups is 1. The van der Waals surface area contributed by atoms with E-state index < -0.39 is 0 Å². The van der Waals surface area contributed by atoms with Gasteiger partial charge in [-0.2, -0.15) is 0 Å². The van der Waals surface area contributed by atoms with Crippen LogP contribution in [0.2, 0.25) is 0 Å². The molecule has 0 bridgehead atoms. The maximum absolute atomic E-state index is 12.4. The number of hydrogen-bond acceptors (Lipinski definition) is 3. The fraction of sp³-hybridized carbons (Fsp3) is 0.176. The molecule has 2 N–H and O–H groups in total. The first-order valence-electron chi connectivity index (χ1n) is 6.54. The Balaban J connectivity index is 2.33. The summed E-state index contributed by atoms with van der Waals surface area (Å²) in [5.74, 6) is 5.16. The first-order valence-corrected chi connectivity index (χ1v) is 6.54. The molecule has 1 heterocycles. The van der Waals surface area contributed by atoms with Crippen LogP contribution in [0.3, 0.4) is 0 Å². The number of nitrogens with one attached hydrogen (secondary N) is 1. The largest absolute Gasteiger partial charge is 0.384 e. The standard InChI is InChI=1S/C17H16N2O2/c1-12-5-6-15(14(10-12)4-3-9-20)17(21)19-16-7-8-18-11-13(16)2/h5-8,10-11,20H,9H2,1-2H3,(H,18,19,21). The number of aromatic nitrogens is 1. The molecule has 1 aromatic carbocycles. The third-order valence-electron chi connectivity index (χ3n) is 2.99. The SMILES string of the molecule is Cc1ccc(C(=O)Nc2ccncc2C)c(C#CCO)c1. The van der Waals surface area contributed by atoms with E-state index in [-0.39, 0.29) is 12.5 Å². The Morgan fingerprint density at radius 1 is 1.33 bits per heavy atom. The van der Waals surface area contributed by atoms with E-state index in [1.54, 1.807) is 24.5 Å².